The fourth-order valence-electron chi connectivity index (χ4n) is 1.57. The van der Waals surface area contributed by atoms with Crippen LogP contribution in [0, 0.1) is 6.92 Å². The van der Waals surface area contributed by atoms with E-state index < -0.39 is 11.4 Å². The van der Waals surface area contributed by atoms with E-state index in [4.69, 9.17) is 0 Å². The molecule has 0 bridgehead atoms. The Morgan fingerprint density at radius 1 is 1.45 bits per heavy atom. The van der Waals surface area contributed by atoms with Crippen LogP contribution in [0.15, 0.2) is 28.1 Å². The number of benzene rings is 1. The summed E-state index contributed by atoms with van der Waals surface area (Å²) in [5.41, 5.74) is 1.63. The molecule has 4 nitrogen and oxygen atoms in total. The summed E-state index contributed by atoms with van der Waals surface area (Å²) in [5.74, 6) is -0.881. The lowest BCUT2D eigenvalue weighted by atomic mass is 9.90. The summed E-state index contributed by atoms with van der Waals surface area (Å²) in [6, 6.07) is 5.95. The number of carboxylic acids is 1. The number of aryl methyl sites for hydroxylation is 1. The number of hydrogen-bond donors (Lipinski definition) is 2. The number of aliphatic carboxylic acids is 1. The highest BCUT2D eigenvalue weighted by Crippen LogP contribution is 2.30. The van der Waals surface area contributed by atoms with Crippen LogP contribution in [0.4, 0.5) is 10.8 Å². The number of hydrogen-bond acceptors (Lipinski definition) is 4. The van der Waals surface area contributed by atoms with Crippen LogP contribution in [0.25, 0.3) is 0 Å². The largest absolute Gasteiger partial charge is 0.481 e. The Hall–Kier alpha value is -1.40. The summed E-state index contributed by atoms with van der Waals surface area (Å²) in [6.45, 7) is 5.31. The van der Waals surface area contributed by atoms with Gasteiger partial charge in [0.1, 0.15) is 5.41 Å². The molecule has 2 aromatic rings. The van der Waals surface area contributed by atoms with Gasteiger partial charge in [0.2, 0.25) is 0 Å². The Kier molecular flexibility index (Phi) is 4.15. The highest BCUT2D eigenvalue weighted by molar-refractivity contribution is 9.10. The molecule has 0 spiro atoms. The van der Waals surface area contributed by atoms with E-state index in [0.717, 1.165) is 15.7 Å². The molecule has 1 heterocycles. The normalized spacial score (nSPS) is 11.4. The maximum Gasteiger partial charge on any atom is 0.315 e. The van der Waals surface area contributed by atoms with Gasteiger partial charge in [-0.1, -0.05) is 22.0 Å². The van der Waals surface area contributed by atoms with Gasteiger partial charge in [-0.05, 0) is 38.5 Å². The smallest absolute Gasteiger partial charge is 0.315 e. The van der Waals surface area contributed by atoms with Gasteiger partial charge in [-0.3, -0.25) is 4.79 Å². The molecule has 1 aromatic carbocycles. The Balaban J connectivity index is 2.26. The number of carboxylic acid groups (broad SMARTS) is 1. The maximum atomic E-state index is 11.2. The summed E-state index contributed by atoms with van der Waals surface area (Å²) in [5, 5.41) is 14.9. The molecule has 6 heteroatoms. The van der Waals surface area contributed by atoms with E-state index in [9.17, 15) is 9.90 Å². The second-order valence-corrected chi connectivity index (χ2v) is 6.83. The van der Waals surface area contributed by atoms with Gasteiger partial charge in [0.15, 0.2) is 5.13 Å². The Bertz CT molecular complexity index is 652. The number of rotatable bonds is 4. The first-order chi connectivity index (χ1) is 9.30. The van der Waals surface area contributed by atoms with E-state index in [-0.39, 0.29) is 0 Å². The summed E-state index contributed by atoms with van der Waals surface area (Å²) in [4.78, 5) is 15.6. The number of nitrogens with zero attached hydrogens (tertiary/aromatic N) is 1. The van der Waals surface area contributed by atoms with Crippen molar-refractivity contribution in [2.75, 3.05) is 5.32 Å². The van der Waals surface area contributed by atoms with Crippen LogP contribution in [0.1, 0.15) is 25.1 Å². The molecular weight excluding hydrogens is 340 g/mol. The minimum absolute atomic E-state index is 0.560. The lowest BCUT2D eigenvalue weighted by molar-refractivity contribution is -0.142. The quantitative estimate of drug-likeness (QED) is 0.858. The van der Waals surface area contributed by atoms with E-state index >= 15 is 0 Å². The number of nitrogens with one attached hydrogen (secondary N) is 1. The molecule has 0 fully saturated rings. The molecule has 0 aliphatic carbocycles. The summed E-state index contributed by atoms with van der Waals surface area (Å²) < 4.78 is 0.980. The third-order valence-corrected chi connectivity index (χ3v) is 4.37. The van der Waals surface area contributed by atoms with Crippen molar-refractivity contribution in [2.45, 2.75) is 26.2 Å². The van der Waals surface area contributed by atoms with Gasteiger partial charge in [0.05, 0.1) is 5.69 Å². The monoisotopic (exact) mass is 354 g/mol. The molecule has 0 saturated carbocycles. The zero-order valence-corrected chi connectivity index (χ0v) is 13.8. The fourth-order valence-corrected chi connectivity index (χ4v) is 2.82. The highest BCUT2D eigenvalue weighted by Gasteiger charge is 2.32. The molecule has 0 radical (unpaired) electrons. The van der Waals surface area contributed by atoms with Gasteiger partial charge in [0, 0.05) is 15.5 Å². The maximum absolute atomic E-state index is 11.2. The third kappa shape index (κ3) is 3.02. The van der Waals surface area contributed by atoms with Crippen molar-refractivity contribution in [3.63, 3.8) is 0 Å². The van der Waals surface area contributed by atoms with Gasteiger partial charge >= 0.3 is 5.97 Å². The average Bonchev–Trinajstić information content (AvgIpc) is 2.83. The zero-order valence-electron chi connectivity index (χ0n) is 11.4. The van der Waals surface area contributed by atoms with Crippen molar-refractivity contribution in [2.24, 2.45) is 0 Å². The van der Waals surface area contributed by atoms with Crippen molar-refractivity contribution < 1.29 is 9.90 Å². The van der Waals surface area contributed by atoms with Crippen LogP contribution < -0.4 is 5.32 Å². The molecule has 20 heavy (non-hydrogen) atoms. The number of thiazole rings is 1. The second-order valence-electron chi connectivity index (χ2n) is 5.05. The SMILES string of the molecule is Cc1ccc(Br)cc1Nc1nc(C(C)(C)C(=O)O)cs1. The van der Waals surface area contributed by atoms with Crippen molar-refractivity contribution in [1.82, 2.24) is 4.98 Å². The van der Waals surface area contributed by atoms with Crippen LogP contribution in [0.3, 0.4) is 0 Å². The van der Waals surface area contributed by atoms with Crippen LogP contribution in [0.5, 0.6) is 0 Å². The van der Waals surface area contributed by atoms with Gasteiger partial charge in [-0.25, -0.2) is 4.98 Å². The van der Waals surface area contributed by atoms with Gasteiger partial charge in [-0.2, -0.15) is 0 Å². The Labute approximate surface area is 130 Å². The summed E-state index contributed by atoms with van der Waals surface area (Å²) in [7, 11) is 0. The van der Waals surface area contributed by atoms with Crippen LogP contribution >= 0.6 is 27.3 Å². The molecule has 0 aliphatic rings. The molecule has 106 valence electrons. The van der Waals surface area contributed by atoms with Crippen molar-refractivity contribution in [1.29, 1.82) is 0 Å². The van der Waals surface area contributed by atoms with E-state index in [1.807, 2.05) is 25.1 Å². The highest BCUT2D eigenvalue weighted by atomic mass is 79.9. The Morgan fingerprint density at radius 3 is 2.80 bits per heavy atom. The van der Waals surface area contributed by atoms with E-state index in [0.29, 0.717) is 10.8 Å². The van der Waals surface area contributed by atoms with Gasteiger partial charge in [0.25, 0.3) is 0 Å². The van der Waals surface area contributed by atoms with Crippen LogP contribution in [-0.4, -0.2) is 16.1 Å². The lowest BCUT2D eigenvalue weighted by Gasteiger charge is -2.15. The van der Waals surface area contributed by atoms with Gasteiger partial charge in [-0.15, -0.1) is 11.3 Å². The summed E-state index contributed by atoms with van der Waals surface area (Å²) >= 11 is 4.83. The molecular formula is C14H15BrN2O2S. The molecule has 2 N–H and O–H groups in total. The molecule has 0 amide bonds. The summed E-state index contributed by atoms with van der Waals surface area (Å²) in [6.07, 6.45) is 0. The molecule has 0 saturated heterocycles. The van der Waals surface area contributed by atoms with Crippen LogP contribution in [-0.2, 0) is 10.2 Å². The lowest BCUT2D eigenvalue weighted by Crippen LogP contribution is -2.28. The number of halogens is 1. The molecule has 0 unspecified atom stereocenters. The minimum Gasteiger partial charge on any atom is -0.481 e. The second kappa shape index (κ2) is 5.54. The third-order valence-electron chi connectivity index (χ3n) is 3.12. The van der Waals surface area contributed by atoms with Crippen molar-refractivity contribution >= 4 is 44.1 Å². The molecule has 0 atom stereocenters. The van der Waals surface area contributed by atoms with E-state index in [2.05, 4.69) is 26.2 Å². The Morgan fingerprint density at radius 2 is 2.15 bits per heavy atom. The number of carbonyl (C=O) groups is 1. The average molecular weight is 355 g/mol. The zero-order chi connectivity index (χ0) is 14.9. The van der Waals surface area contributed by atoms with E-state index in [1.54, 1.807) is 19.2 Å². The minimum atomic E-state index is -0.983. The predicted octanol–water partition coefficient (Wildman–Crippen LogP) is 4.32. The molecule has 2 rings (SSSR count). The first-order valence-corrected chi connectivity index (χ1v) is 7.70. The first kappa shape index (κ1) is 15.0. The fraction of sp³-hybridized carbons (Fsp3) is 0.286. The predicted molar refractivity (Wildman–Crippen MR) is 84.9 cm³/mol. The van der Waals surface area contributed by atoms with Crippen molar-refractivity contribution in [3.05, 3.63) is 39.3 Å². The molecule has 1 aromatic heterocycles. The molecule has 0 aliphatic heterocycles. The first-order valence-electron chi connectivity index (χ1n) is 6.03. The van der Waals surface area contributed by atoms with E-state index in [1.165, 1.54) is 11.3 Å². The van der Waals surface area contributed by atoms with Crippen LogP contribution in [0.2, 0.25) is 0 Å². The number of anilines is 2. The topological polar surface area (TPSA) is 62.2 Å². The number of aromatic nitrogens is 1. The van der Waals surface area contributed by atoms with Gasteiger partial charge < -0.3 is 10.4 Å². The standard InChI is InChI=1S/C14H15BrN2O2S/c1-8-4-5-9(15)6-10(8)16-13-17-11(7-20-13)14(2,3)12(18)19/h4-7H,1-3H3,(H,16,17)(H,18,19). The van der Waals surface area contributed by atoms with Crippen molar-refractivity contribution in [3.8, 4) is 0 Å².